The summed E-state index contributed by atoms with van der Waals surface area (Å²) in [5.41, 5.74) is 2.67. The van der Waals surface area contributed by atoms with Gasteiger partial charge in [-0.1, -0.05) is 50.2 Å². The molecule has 0 aliphatic rings. The molecular formula is C29H27N3O3S. The number of benzene rings is 3. The van der Waals surface area contributed by atoms with Gasteiger partial charge in [0.1, 0.15) is 22.4 Å². The molecule has 0 N–H and O–H groups in total. The zero-order valence-electron chi connectivity index (χ0n) is 20.2. The molecule has 36 heavy (non-hydrogen) atoms. The van der Waals surface area contributed by atoms with Crippen LogP contribution in [0.1, 0.15) is 25.8 Å². The fourth-order valence-electron chi connectivity index (χ4n) is 3.59. The van der Waals surface area contributed by atoms with E-state index in [9.17, 15) is 13.7 Å². The van der Waals surface area contributed by atoms with Crippen molar-refractivity contribution in [2.45, 2.75) is 25.2 Å². The minimum Gasteiger partial charge on any atom is -0.494 e. The summed E-state index contributed by atoms with van der Waals surface area (Å²) in [7, 11) is -3.98. The first-order valence-corrected chi connectivity index (χ1v) is 13.2. The van der Waals surface area contributed by atoms with Gasteiger partial charge in [0.2, 0.25) is 9.84 Å². The number of aromatic nitrogens is 2. The second kappa shape index (κ2) is 11.1. The van der Waals surface area contributed by atoms with Gasteiger partial charge in [-0.25, -0.2) is 13.1 Å². The molecule has 0 radical (unpaired) electrons. The number of hydrogen-bond acceptors (Lipinski definition) is 5. The van der Waals surface area contributed by atoms with Gasteiger partial charge in [0.05, 0.1) is 17.2 Å². The number of hydrogen-bond donors (Lipinski definition) is 0. The highest BCUT2D eigenvalue weighted by atomic mass is 32.2. The third-order valence-electron chi connectivity index (χ3n) is 5.59. The average Bonchev–Trinajstić information content (AvgIpc) is 3.32. The number of para-hydroxylation sites is 1. The third-order valence-corrected chi connectivity index (χ3v) is 7.28. The lowest BCUT2D eigenvalue weighted by Crippen LogP contribution is -2.03. The summed E-state index contributed by atoms with van der Waals surface area (Å²) in [6.07, 6.45) is 4.08. The summed E-state index contributed by atoms with van der Waals surface area (Å²) < 4.78 is 33.8. The predicted molar refractivity (Wildman–Crippen MR) is 141 cm³/mol. The molecule has 3 aromatic carbocycles. The van der Waals surface area contributed by atoms with Gasteiger partial charge in [-0.05, 0) is 66.9 Å². The highest BCUT2D eigenvalue weighted by Gasteiger charge is 2.22. The molecule has 7 heteroatoms. The maximum atomic E-state index is 13.2. The molecule has 0 atom stereocenters. The second-order valence-corrected chi connectivity index (χ2v) is 10.6. The Labute approximate surface area is 212 Å². The van der Waals surface area contributed by atoms with Crippen LogP contribution in [-0.4, -0.2) is 24.8 Å². The Bertz CT molecular complexity index is 1480. The summed E-state index contributed by atoms with van der Waals surface area (Å²) in [5.74, 6) is 1.31. The molecule has 0 saturated carbocycles. The van der Waals surface area contributed by atoms with Crippen LogP contribution in [0.2, 0.25) is 0 Å². The first kappa shape index (κ1) is 25.0. The van der Waals surface area contributed by atoms with Crippen molar-refractivity contribution in [2.24, 2.45) is 5.92 Å². The van der Waals surface area contributed by atoms with Crippen LogP contribution in [0, 0.1) is 17.2 Å². The Morgan fingerprint density at radius 3 is 2.25 bits per heavy atom. The van der Waals surface area contributed by atoms with Crippen LogP contribution in [0.4, 0.5) is 0 Å². The van der Waals surface area contributed by atoms with Gasteiger partial charge in [-0.2, -0.15) is 10.4 Å². The van der Waals surface area contributed by atoms with Crippen molar-refractivity contribution in [3.63, 3.8) is 0 Å². The van der Waals surface area contributed by atoms with Crippen molar-refractivity contribution in [2.75, 3.05) is 6.61 Å². The van der Waals surface area contributed by atoms with Crippen molar-refractivity contribution in [1.29, 1.82) is 5.26 Å². The van der Waals surface area contributed by atoms with Crippen molar-refractivity contribution in [3.05, 3.63) is 102 Å². The minimum atomic E-state index is -3.98. The quantitative estimate of drug-likeness (QED) is 0.253. The van der Waals surface area contributed by atoms with Crippen molar-refractivity contribution in [1.82, 2.24) is 9.78 Å². The first-order valence-electron chi connectivity index (χ1n) is 11.7. The molecule has 0 unspecified atom stereocenters. The molecule has 0 amide bonds. The molecule has 1 aromatic heterocycles. The van der Waals surface area contributed by atoms with E-state index in [0.29, 0.717) is 23.8 Å². The molecule has 1 heterocycles. The van der Waals surface area contributed by atoms with Gasteiger partial charge in [0.15, 0.2) is 0 Å². The van der Waals surface area contributed by atoms with Gasteiger partial charge >= 0.3 is 0 Å². The summed E-state index contributed by atoms with van der Waals surface area (Å²) >= 11 is 0. The van der Waals surface area contributed by atoms with E-state index >= 15 is 0 Å². The number of rotatable bonds is 9. The summed E-state index contributed by atoms with van der Waals surface area (Å²) in [5, 5.41) is 14.5. The Kier molecular flexibility index (Phi) is 7.67. The van der Waals surface area contributed by atoms with Crippen molar-refractivity contribution >= 4 is 15.9 Å². The van der Waals surface area contributed by atoms with E-state index in [1.165, 1.54) is 18.2 Å². The molecule has 182 valence electrons. The van der Waals surface area contributed by atoms with Crippen LogP contribution in [0.5, 0.6) is 5.75 Å². The topological polar surface area (TPSA) is 85.0 Å². The Morgan fingerprint density at radius 1 is 1.00 bits per heavy atom. The Balaban J connectivity index is 1.76. The van der Waals surface area contributed by atoms with Gasteiger partial charge < -0.3 is 4.74 Å². The fourth-order valence-corrected chi connectivity index (χ4v) is 4.76. The smallest absolute Gasteiger partial charge is 0.216 e. The predicted octanol–water partition coefficient (Wildman–Crippen LogP) is 6.30. The number of allylic oxidation sites excluding steroid dienone is 1. The zero-order valence-corrected chi connectivity index (χ0v) is 21.0. The molecule has 0 saturated heterocycles. The second-order valence-electron chi connectivity index (χ2n) is 8.71. The van der Waals surface area contributed by atoms with Crippen LogP contribution in [0.25, 0.3) is 23.0 Å². The fraction of sp³-hybridized carbons (Fsp3) is 0.172. The van der Waals surface area contributed by atoms with Gasteiger partial charge in [0.25, 0.3) is 0 Å². The van der Waals surface area contributed by atoms with E-state index in [1.807, 2.05) is 60.7 Å². The third kappa shape index (κ3) is 5.73. The van der Waals surface area contributed by atoms with E-state index in [2.05, 4.69) is 13.8 Å². The van der Waals surface area contributed by atoms with Crippen LogP contribution in [0.3, 0.4) is 0 Å². The maximum Gasteiger partial charge on any atom is 0.216 e. The standard InChI is InChI=1S/C29H27N3O3S/c1-22(2)17-18-35-26-15-13-23(14-16-26)29-24(21-32(31-29)25-9-5-3-6-10-25)19-28(20-30)36(33,34)27-11-7-4-8-12-27/h3-16,19,21-22H,17-18H2,1-2H3. The highest BCUT2D eigenvalue weighted by molar-refractivity contribution is 7.95. The van der Waals surface area contributed by atoms with E-state index in [0.717, 1.165) is 23.4 Å². The summed E-state index contributed by atoms with van der Waals surface area (Å²) in [4.78, 5) is -0.283. The molecule has 6 nitrogen and oxygen atoms in total. The lowest BCUT2D eigenvalue weighted by Gasteiger charge is -2.08. The van der Waals surface area contributed by atoms with Gasteiger partial charge in [-0.15, -0.1) is 0 Å². The molecule has 0 bridgehead atoms. The highest BCUT2D eigenvalue weighted by Crippen LogP contribution is 2.29. The monoisotopic (exact) mass is 497 g/mol. The largest absolute Gasteiger partial charge is 0.494 e. The molecule has 0 spiro atoms. The van der Waals surface area contributed by atoms with E-state index in [-0.39, 0.29) is 9.80 Å². The molecule has 0 fully saturated rings. The number of sulfone groups is 1. The van der Waals surface area contributed by atoms with E-state index < -0.39 is 9.84 Å². The zero-order chi connectivity index (χ0) is 25.5. The van der Waals surface area contributed by atoms with Crippen LogP contribution >= 0.6 is 0 Å². The SMILES string of the molecule is CC(C)CCOc1ccc(-c2nn(-c3ccccc3)cc2C=C(C#N)S(=O)(=O)c2ccccc2)cc1. The number of nitrogens with zero attached hydrogens (tertiary/aromatic N) is 3. The van der Waals surface area contributed by atoms with Crippen molar-refractivity contribution < 1.29 is 13.2 Å². The van der Waals surface area contributed by atoms with E-state index in [4.69, 9.17) is 9.84 Å². The summed E-state index contributed by atoms with van der Waals surface area (Å²) in [6, 6.07) is 26.9. The van der Waals surface area contributed by atoms with E-state index in [1.54, 1.807) is 29.1 Å². The van der Waals surface area contributed by atoms with Gasteiger partial charge in [0, 0.05) is 17.3 Å². The first-order chi connectivity index (χ1) is 17.4. The Hall–Kier alpha value is -4.15. The molecule has 0 aliphatic carbocycles. The average molecular weight is 498 g/mol. The van der Waals surface area contributed by atoms with Crippen LogP contribution in [-0.2, 0) is 9.84 Å². The van der Waals surface area contributed by atoms with Gasteiger partial charge in [-0.3, -0.25) is 0 Å². The Morgan fingerprint density at radius 2 is 1.64 bits per heavy atom. The lowest BCUT2D eigenvalue weighted by molar-refractivity contribution is 0.289. The lowest BCUT2D eigenvalue weighted by atomic mass is 10.1. The van der Waals surface area contributed by atoms with Crippen LogP contribution < -0.4 is 4.74 Å². The molecule has 0 aliphatic heterocycles. The maximum absolute atomic E-state index is 13.2. The normalized spacial score (nSPS) is 11.9. The van der Waals surface area contributed by atoms with Crippen molar-refractivity contribution in [3.8, 4) is 28.8 Å². The molecule has 4 aromatic rings. The molecular weight excluding hydrogens is 470 g/mol. The number of nitriles is 1. The number of ether oxygens (including phenoxy) is 1. The minimum absolute atomic E-state index is 0.0673. The van der Waals surface area contributed by atoms with Crippen LogP contribution in [0.15, 0.2) is 101 Å². The molecule has 4 rings (SSSR count). The summed E-state index contributed by atoms with van der Waals surface area (Å²) in [6.45, 7) is 4.94.